The molecular weight excluding hydrogens is 574 g/mol. The molecule has 1 atom stereocenters. The highest BCUT2D eigenvalue weighted by molar-refractivity contribution is 7.64. The molecular formula is C33H42FN8OP. The molecule has 0 unspecified atom stereocenters. The van der Waals surface area contributed by atoms with E-state index in [-0.39, 0.29) is 19.8 Å². The Morgan fingerprint density at radius 2 is 1.82 bits per heavy atom. The molecule has 2 aromatic heterocycles. The van der Waals surface area contributed by atoms with Crippen LogP contribution in [0.5, 0.6) is 5.75 Å². The summed E-state index contributed by atoms with van der Waals surface area (Å²) in [7, 11) is -0.310. The number of H-pyrrole nitrogens is 1. The Kier molecular flexibility index (Phi) is 8.08. The molecule has 2 fully saturated rings. The molecule has 44 heavy (non-hydrogen) atoms. The van der Waals surface area contributed by atoms with E-state index >= 15 is 4.39 Å². The number of aromatic amines is 1. The largest absolute Gasteiger partial charge is 0.489 e. The molecule has 3 aliphatic rings. The van der Waals surface area contributed by atoms with Gasteiger partial charge >= 0.3 is 0 Å². The van der Waals surface area contributed by atoms with Gasteiger partial charge in [-0.15, -0.1) is 0 Å². The van der Waals surface area contributed by atoms with Crippen molar-refractivity contribution in [2.75, 3.05) is 68.2 Å². The first-order valence-electron chi connectivity index (χ1n) is 15.7. The lowest BCUT2D eigenvalue weighted by atomic mass is 9.99. The van der Waals surface area contributed by atoms with Gasteiger partial charge in [-0.1, -0.05) is 26.1 Å². The summed E-state index contributed by atoms with van der Waals surface area (Å²) < 4.78 is 22.0. The molecule has 5 heterocycles. The SMILES string of the molecule is CC(C)N1CCC(N2CCN3c4c(F)cc(Nc5nc(Nc6ccccc6P(C)C)c6cc[nH]c6n5)cc4OC[C@H]3C2)CC1. The highest BCUT2D eigenvalue weighted by Gasteiger charge is 2.38. The molecule has 7 rings (SSSR count). The number of anilines is 5. The molecule has 3 N–H and O–H groups in total. The third kappa shape index (κ3) is 5.71. The number of fused-ring (bicyclic) bond motifs is 4. The maximum Gasteiger partial charge on any atom is 0.231 e. The Morgan fingerprint density at radius 3 is 2.61 bits per heavy atom. The number of nitrogens with one attached hydrogen (secondary N) is 3. The Morgan fingerprint density at radius 1 is 1.00 bits per heavy atom. The van der Waals surface area contributed by atoms with Crippen molar-refractivity contribution in [2.24, 2.45) is 0 Å². The van der Waals surface area contributed by atoms with E-state index in [1.165, 1.54) is 24.2 Å². The van der Waals surface area contributed by atoms with E-state index in [9.17, 15) is 0 Å². The number of piperidine rings is 1. The minimum absolute atomic E-state index is 0.148. The summed E-state index contributed by atoms with van der Waals surface area (Å²) in [4.78, 5) is 20.1. The zero-order valence-electron chi connectivity index (χ0n) is 26.0. The van der Waals surface area contributed by atoms with Gasteiger partial charge in [0, 0.05) is 55.4 Å². The van der Waals surface area contributed by atoms with Crippen LogP contribution in [0, 0.1) is 5.82 Å². The highest BCUT2D eigenvalue weighted by atomic mass is 31.1. The van der Waals surface area contributed by atoms with Gasteiger partial charge in [0.1, 0.15) is 29.5 Å². The zero-order chi connectivity index (χ0) is 30.4. The number of ether oxygens (including phenoxy) is 1. The van der Waals surface area contributed by atoms with E-state index in [4.69, 9.17) is 9.72 Å². The van der Waals surface area contributed by atoms with Gasteiger partial charge in [-0.2, -0.15) is 9.97 Å². The fraction of sp³-hybridized carbons (Fsp3) is 0.455. The summed E-state index contributed by atoms with van der Waals surface area (Å²) in [5, 5.41) is 8.93. The normalized spacial score (nSPS) is 19.7. The average Bonchev–Trinajstić information content (AvgIpc) is 3.50. The minimum Gasteiger partial charge on any atom is -0.489 e. The van der Waals surface area contributed by atoms with Crippen LogP contribution in [-0.2, 0) is 0 Å². The van der Waals surface area contributed by atoms with Crippen molar-refractivity contribution in [1.29, 1.82) is 0 Å². The molecule has 2 aromatic carbocycles. The first kappa shape index (κ1) is 29.3. The minimum atomic E-state index is -0.310. The van der Waals surface area contributed by atoms with Gasteiger partial charge in [-0.05, 0) is 76.6 Å². The van der Waals surface area contributed by atoms with E-state index in [1.54, 1.807) is 0 Å². The second-order valence-electron chi connectivity index (χ2n) is 12.6. The third-order valence-electron chi connectivity index (χ3n) is 9.32. The maximum absolute atomic E-state index is 15.8. The summed E-state index contributed by atoms with van der Waals surface area (Å²) in [5.74, 6) is 1.34. The van der Waals surface area contributed by atoms with Crippen LogP contribution in [0.1, 0.15) is 26.7 Å². The van der Waals surface area contributed by atoms with Gasteiger partial charge in [-0.3, -0.25) is 4.90 Å². The Balaban J connectivity index is 1.08. The Hall–Kier alpha value is -3.46. The molecule has 0 amide bonds. The van der Waals surface area contributed by atoms with Crippen molar-refractivity contribution in [2.45, 2.75) is 44.8 Å². The summed E-state index contributed by atoms with van der Waals surface area (Å²) in [6.45, 7) is 14.5. The van der Waals surface area contributed by atoms with Crippen LogP contribution in [-0.4, -0.2) is 95.5 Å². The fourth-order valence-electron chi connectivity index (χ4n) is 6.95. The molecule has 232 valence electrons. The number of piperazine rings is 1. The van der Waals surface area contributed by atoms with Crippen molar-refractivity contribution in [3.05, 3.63) is 54.5 Å². The van der Waals surface area contributed by atoms with E-state index in [2.05, 4.69) is 80.7 Å². The van der Waals surface area contributed by atoms with Crippen LogP contribution in [0.25, 0.3) is 11.0 Å². The van der Waals surface area contributed by atoms with Crippen LogP contribution < -0.4 is 25.6 Å². The first-order valence-corrected chi connectivity index (χ1v) is 17.9. The van der Waals surface area contributed by atoms with Gasteiger partial charge in [0.25, 0.3) is 0 Å². The molecule has 9 nitrogen and oxygen atoms in total. The molecule has 0 bridgehead atoms. The molecule has 11 heteroatoms. The summed E-state index contributed by atoms with van der Waals surface area (Å²) >= 11 is 0. The second-order valence-corrected chi connectivity index (χ2v) is 14.9. The van der Waals surface area contributed by atoms with Crippen LogP contribution >= 0.6 is 7.92 Å². The first-order chi connectivity index (χ1) is 21.3. The molecule has 4 aromatic rings. The van der Waals surface area contributed by atoms with Crippen LogP contribution in [0.2, 0.25) is 0 Å². The monoisotopic (exact) mass is 616 g/mol. The fourth-order valence-corrected chi connectivity index (χ4v) is 7.95. The molecule has 0 spiro atoms. The van der Waals surface area contributed by atoms with Crippen LogP contribution in [0.15, 0.2) is 48.7 Å². The summed E-state index contributed by atoms with van der Waals surface area (Å²) in [6, 6.07) is 15.0. The summed E-state index contributed by atoms with van der Waals surface area (Å²) in [5.41, 5.74) is 2.84. The predicted molar refractivity (Wildman–Crippen MR) is 180 cm³/mol. The van der Waals surface area contributed by atoms with Gasteiger partial charge < -0.3 is 30.2 Å². The third-order valence-corrected chi connectivity index (χ3v) is 10.7. The van der Waals surface area contributed by atoms with Crippen LogP contribution in [0.3, 0.4) is 0 Å². The number of aromatic nitrogens is 3. The van der Waals surface area contributed by atoms with Crippen molar-refractivity contribution in [1.82, 2.24) is 24.8 Å². The van der Waals surface area contributed by atoms with Crippen molar-refractivity contribution < 1.29 is 9.13 Å². The standard InChI is InChI=1S/C33H42FN8OP/c1-21(2)40-13-10-23(11-14-40)41-15-16-42-24(19-41)20-43-28-18-22(17-26(34)30(28)42)36-33-38-31-25(9-12-35-31)32(39-33)37-27-7-5-6-8-29(27)44(3)4/h5-9,12,17-18,21,23-24H,10-11,13-16,19-20H2,1-4H3,(H3,35,36,37,38,39)/t24-/m1/s1. The van der Waals surface area contributed by atoms with E-state index in [1.807, 2.05) is 24.4 Å². The average molecular weight is 617 g/mol. The van der Waals surface area contributed by atoms with Gasteiger partial charge in [0.15, 0.2) is 5.82 Å². The number of rotatable bonds is 7. The van der Waals surface area contributed by atoms with Crippen LogP contribution in [0.4, 0.5) is 33.2 Å². The maximum atomic E-state index is 15.8. The van der Waals surface area contributed by atoms with Gasteiger partial charge in [-0.25, -0.2) is 4.39 Å². The summed E-state index contributed by atoms with van der Waals surface area (Å²) in [6.07, 6.45) is 4.25. The lowest BCUT2D eigenvalue weighted by Crippen LogP contribution is -2.60. The smallest absolute Gasteiger partial charge is 0.231 e. The van der Waals surface area contributed by atoms with Crippen molar-refractivity contribution in [3.8, 4) is 5.75 Å². The van der Waals surface area contributed by atoms with E-state index < -0.39 is 0 Å². The number of halogens is 1. The molecule has 0 aliphatic carbocycles. The van der Waals surface area contributed by atoms with Gasteiger partial charge in [0.05, 0.1) is 11.4 Å². The second kappa shape index (κ2) is 12.1. The number of hydrogen-bond donors (Lipinski definition) is 3. The molecule has 3 aliphatic heterocycles. The number of benzene rings is 2. The number of para-hydroxylation sites is 1. The highest BCUT2D eigenvalue weighted by Crippen LogP contribution is 2.41. The van der Waals surface area contributed by atoms with E-state index in [0.717, 1.165) is 43.8 Å². The lowest BCUT2D eigenvalue weighted by Gasteiger charge is -2.49. The molecule has 2 saturated heterocycles. The van der Waals surface area contributed by atoms with E-state index in [0.29, 0.717) is 53.2 Å². The van der Waals surface area contributed by atoms with Gasteiger partial charge in [0.2, 0.25) is 5.95 Å². The number of hydrogen-bond acceptors (Lipinski definition) is 8. The number of nitrogens with zero attached hydrogens (tertiary/aromatic N) is 5. The Bertz CT molecular complexity index is 1640. The quantitative estimate of drug-likeness (QED) is 0.228. The number of likely N-dealkylation sites (tertiary alicyclic amines) is 1. The topological polar surface area (TPSA) is 84.6 Å². The predicted octanol–water partition coefficient (Wildman–Crippen LogP) is 5.71. The lowest BCUT2D eigenvalue weighted by molar-refractivity contribution is 0.0689. The molecule has 0 saturated carbocycles. The van der Waals surface area contributed by atoms with Crippen molar-refractivity contribution in [3.63, 3.8) is 0 Å². The zero-order valence-corrected chi connectivity index (χ0v) is 26.9. The Labute approximate surface area is 259 Å². The van der Waals surface area contributed by atoms with Crippen molar-refractivity contribution >= 4 is 53.1 Å². The molecule has 0 radical (unpaired) electrons.